The highest BCUT2D eigenvalue weighted by Crippen LogP contribution is 2.33. The van der Waals surface area contributed by atoms with E-state index in [-0.39, 0.29) is 24.5 Å². The smallest absolute Gasteiger partial charge is 0.323 e. The second-order valence-electron chi connectivity index (χ2n) is 4.81. The van der Waals surface area contributed by atoms with Crippen molar-refractivity contribution in [2.24, 2.45) is 5.92 Å². The van der Waals surface area contributed by atoms with Crippen LogP contribution in [0, 0.1) is 5.92 Å². The third kappa shape index (κ3) is 3.19. The lowest BCUT2D eigenvalue weighted by atomic mass is 10.2. The van der Waals surface area contributed by atoms with Crippen molar-refractivity contribution in [3.8, 4) is 0 Å². The number of carbonyl (C=O) groups is 2. The molecule has 1 saturated heterocycles. The fourth-order valence-electron chi connectivity index (χ4n) is 2.27. The zero-order valence-corrected chi connectivity index (χ0v) is 10.3. The number of rotatable bonds is 5. The molecule has 1 atom stereocenters. The molecule has 2 aliphatic rings. The summed E-state index contributed by atoms with van der Waals surface area (Å²) in [6.07, 6.45) is 4.28. The van der Waals surface area contributed by atoms with Gasteiger partial charge in [0.25, 0.3) is 0 Å². The Morgan fingerprint density at radius 3 is 2.53 bits per heavy atom. The van der Waals surface area contributed by atoms with Crippen LogP contribution < -0.4 is 5.32 Å². The first kappa shape index (κ1) is 12.4. The molecule has 1 N–H and O–H groups in total. The van der Waals surface area contributed by atoms with E-state index in [1.165, 1.54) is 7.11 Å². The molecule has 1 aliphatic carbocycles. The van der Waals surface area contributed by atoms with Gasteiger partial charge < -0.3 is 9.64 Å². The molecule has 0 aromatic carbocycles. The highest BCUT2D eigenvalue weighted by molar-refractivity contribution is 5.81. The van der Waals surface area contributed by atoms with Gasteiger partial charge >= 0.3 is 5.97 Å². The van der Waals surface area contributed by atoms with Crippen molar-refractivity contribution < 1.29 is 14.3 Å². The van der Waals surface area contributed by atoms with E-state index < -0.39 is 0 Å². The zero-order chi connectivity index (χ0) is 12.3. The van der Waals surface area contributed by atoms with Gasteiger partial charge in [0, 0.05) is 13.1 Å². The minimum Gasteiger partial charge on any atom is -0.468 e. The average molecular weight is 240 g/mol. The number of nitrogens with zero attached hydrogens (tertiary/aromatic N) is 1. The normalized spacial score (nSPS) is 21.4. The molecule has 0 aromatic heterocycles. The van der Waals surface area contributed by atoms with E-state index in [0.29, 0.717) is 5.92 Å². The summed E-state index contributed by atoms with van der Waals surface area (Å²) in [5, 5.41) is 3.04. The lowest BCUT2D eigenvalue weighted by Crippen LogP contribution is -2.45. The number of hydrogen-bond acceptors (Lipinski definition) is 4. The van der Waals surface area contributed by atoms with E-state index in [4.69, 9.17) is 4.74 Å². The SMILES string of the molecule is COC(=O)C(NCC(=O)N1CCCC1)C1CC1. The van der Waals surface area contributed by atoms with Crippen LogP contribution in [0.1, 0.15) is 25.7 Å². The predicted octanol–water partition coefficient (Wildman–Crippen LogP) is 0.150. The molecule has 2 fully saturated rings. The molecular weight excluding hydrogens is 220 g/mol. The maximum Gasteiger partial charge on any atom is 0.323 e. The Hall–Kier alpha value is -1.10. The summed E-state index contributed by atoms with van der Waals surface area (Å²) in [6, 6.07) is -0.299. The van der Waals surface area contributed by atoms with E-state index in [1.807, 2.05) is 4.90 Å². The van der Waals surface area contributed by atoms with Gasteiger partial charge in [-0.25, -0.2) is 0 Å². The summed E-state index contributed by atoms with van der Waals surface area (Å²) < 4.78 is 4.75. The van der Waals surface area contributed by atoms with E-state index in [9.17, 15) is 9.59 Å². The molecule has 0 radical (unpaired) electrons. The maximum absolute atomic E-state index is 11.8. The van der Waals surface area contributed by atoms with Crippen molar-refractivity contribution in [2.75, 3.05) is 26.7 Å². The van der Waals surface area contributed by atoms with Gasteiger partial charge in [-0.05, 0) is 31.6 Å². The summed E-state index contributed by atoms with van der Waals surface area (Å²) in [6.45, 7) is 1.95. The fourth-order valence-corrected chi connectivity index (χ4v) is 2.27. The molecule has 0 aromatic rings. The van der Waals surface area contributed by atoms with Gasteiger partial charge in [0.1, 0.15) is 6.04 Å². The summed E-state index contributed by atoms with van der Waals surface area (Å²) in [5.41, 5.74) is 0. The van der Waals surface area contributed by atoms with Crippen molar-refractivity contribution in [3.05, 3.63) is 0 Å². The Labute approximate surface area is 101 Å². The van der Waals surface area contributed by atoms with E-state index in [1.54, 1.807) is 0 Å². The van der Waals surface area contributed by atoms with Crippen LogP contribution in [-0.4, -0.2) is 49.6 Å². The lowest BCUT2D eigenvalue weighted by molar-refractivity contribution is -0.143. The highest BCUT2D eigenvalue weighted by Gasteiger charge is 2.37. The molecule has 17 heavy (non-hydrogen) atoms. The van der Waals surface area contributed by atoms with Crippen molar-refractivity contribution >= 4 is 11.9 Å². The molecule has 0 bridgehead atoms. The molecular formula is C12H20N2O3. The fraction of sp³-hybridized carbons (Fsp3) is 0.833. The van der Waals surface area contributed by atoms with Crippen LogP contribution in [0.15, 0.2) is 0 Å². The van der Waals surface area contributed by atoms with Crippen LogP contribution in [0.25, 0.3) is 0 Å². The summed E-state index contributed by atoms with van der Waals surface area (Å²) >= 11 is 0. The summed E-state index contributed by atoms with van der Waals surface area (Å²) in [7, 11) is 1.39. The quantitative estimate of drug-likeness (QED) is 0.695. The van der Waals surface area contributed by atoms with E-state index in [2.05, 4.69) is 5.32 Å². The number of hydrogen-bond donors (Lipinski definition) is 1. The van der Waals surface area contributed by atoms with Crippen molar-refractivity contribution in [1.82, 2.24) is 10.2 Å². The molecule has 2 rings (SSSR count). The first-order chi connectivity index (χ1) is 8.22. The Balaban J connectivity index is 1.78. The second-order valence-corrected chi connectivity index (χ2v) is 4.81. The summed E-state index contributed by atoms with van der Waals surface area (Å²) in [4.78, 5) is 25.2. The van der Waals surface area contributed by atoms with Crippen LogP contribution in [0.4, 0.5) is 0 Å². The number of amides is 1. The third-order valence-corrected chi connectivity index (χ3v) is 3.48. The number of likely N-dealkylation sites (tertiary alicyclic amines) is 1. The van der Waals surface area contributed by atoms with Crippen molar-refractivity contribution in [2.45, 2.75) is 31.7 Å². The van der Waals surface area contributed by atoms with Gasteiger partial charge in [-0.1, -0.05) is 0 Å². The molecule has 1 amide bonds. The van der Waals surface area contributed by atoms with Gasteiger partial charge in [0.2, 0.25) is 5.91 Å². The number of esters is 1. The Morgan fingerprint density at radius 2 is 2.00 bits per heavy atom. The highest BCUT2D eigenvalue weighted by atomic mass is 16.5. The van der Waals surface area contributed by atoms with Crippen molar-refractivity contribution in [1.29, 1.82) is 0 Å². The van der Waals surface area contributed by atoms with Gasteiger partial charge in [-0.3, -0.25) is 14.9 Å². The van der Waals surface area contributed by atoms with Crippen LogP contribution in [0.2, 0.25) is 0 Å². The monoisotopic (exact) mass is 240 g/mol. The van der Waals surface area contributed by atoms with Crippen LogP contribution in [0.3, 0.4) is 0 Å². The van der Waals surface area contributed by atoms with Gasteiger partial charge in [-0.15, -0.1) is 0 Å². The molecule has 96 valence electrons. The first-order valence-corrected chi connectivity index (χ1v) is 6.31. The molecule has 1 saturated carbocycles. The third-order valence-electron chi connectivity index (χ3n) is 3.48. The lowest BCUT2D eigenvalue weighted by Gasteiger charge is -2.19. The molecule has 1 unspecified atom stereocenters. The van der Waals surface area contributed by atoms with Gasteiger partial charge in [0.15, 0.2) is 0 Å². The molecule has 0 spiro atoms. The van der Waals surface area contributed by atoms with Crippen LogP contribution in [0.5, 0.6) is 0 Å². The second kappa shape index (κ2) is 5.49. The number of nitrogens with one attached hydrogen (secondary N) is 1. The first-order valence-electron chi connectivity index (χ1n) is 6.31. The number of ether oxygens (including phenoxy) is 1. The number of carbonyl (C=O) groups excluding carboxylic acids is 2. The Morgan fingerprint density at radius 1 is 1.35 bits per heavy atom. The molecule has 1 heterocycles. The minimum absolute atomic E-state index is 0.0945. The minimum atomic E-state index is -0.299. The maximum atomic E-state index is 11.8. The van der Waals surface area contributed by atoms with Gasteiger partial charge in [0.05, 0.1) is 13.7 Å². The zero-order valence-electron chi connectivity index (χ0n) is 10.3. The Bertz CT molecular complexity index is 296. The van der Waals surface area contributed by atoms with E-state index in [0.717, 1.165) is 38.8 Å². The molecule has 5 heteroatoms. The standard InChI is InChI=1S/C12H20N2O3/c1-17-12(16)11(9-4-5-9)13-8-10(15)14-6-2-3-7-14/h9,11,13H,2-8H2,1H3. The van der Waals surface area contributed by atoms with Crippen LogP contribution >= 0.6 is 0 Å². The summed E-state index contributed by atoms with van der Waals surface area (Å²) in [5.74, 6) is 0.201. The Kier molecular flexibility index (Phi) is 3.99. The molecule has 1 aliphatic heterocycles. The molecule has 5 nitrogen and oxygen atoms in total. The van der Waals surface area contributed by atoms with Crippen LogP contribution in [-0.2, 0) is 14.3 Å². The van der Waals surface area contributed by atoms with Crippen molar-refractivity contribution in [3.63, 3.8) is 0 Å². The topological polar surface area (TPSA) is 58.6 Å². The largest absolute Gasteiger partial charge is 0.468 e. The predicted molar refractivity (Wildman–Crippen MR) is 62.3 cm³/mol. The number of methoxy groups -OCH3 is 1. The van der Waals surface area contributed by atoms with E-state index >= 15 is 0 Å². The average Bonchev–Trinajstić information content (AvgIpc) is 3.02. The van der Waals surface area contributed by atoms with Gasteiger partial charge in [-0.2, -0.15) is 0 Å².